The van der Waals surface area contributed by atoms with Crippen LogP contribution in [0.1, 0.15) is 25.3 Å². The van der Waals surface area contributed by atoms with Gasteiger partial charge in [-0.05, 0) is 24.5 Å². The van der Waals surface area contributed by atoms with Gasteiger partial charge >= 0.3 is 0 Å². The molecule has 0 aliphatic rings. The van der Waals surface area contributed by atoms with Crippen molar-refractivity contribution < 1.29 is 4.92 Å². The Kier molecular flexibility index (Phi) is 5.95. The minimum Gasteiger partial charge on any atom is -0.371 e. The van der Waals surface area contributed by atoms with E-state index >= 15 is 0 Å². The molecule has 2 rings (SSSR count). The fourth-order valence-electron chi connectivity index (χ4n) is 2.43. The number of nitrogens with zero attached hydrogens (tertiary/aromatic N) is 2. The van der Waals surface area contributed by atoms with E-state index in [4.69, 9.17) is 0 Å². The Bertz CT molecular complexity index is 599. The van der Waals surface area contributed by atoms with Crippen molar-refractivity contribution in [3.63, 3.8) is 0 Å². The normalized spacial score (nSPS) is 10.4. The molecule has 2 aromatic carbocycles. The van der Waals surface area contributed by atoms with E-state index < -0.39 is 0 Å². The molecule has 4 heteroatoms. The Morgan fingerprint density at radius 3 is 2.50 bits per heavy atom. The largest absolute Gasteiger partial charge is 0.371 e. The van der Waals surface area contributed by atoms with Crippen LogP contribution < -0.4 is 4.90 Å². The van der Waals surface area contributed by atoms with E-state index in [-0.39, 0.29) is 10.6 Å². The monoisotopic (exact) mass is 298 g/mol. The molecule has 2 aromatic rings. The van der Waals surface area contributed by atoms with E-state index in [2.05, 4.69) is 24.0 Å². The first-order valence-electron chi connectivity index (χ1n) is 7.74. The van der Waals surface area contributed by atoms with Crippen molar-refractivity contribution in [1.29, 1.82) is 0 Å². The number of rotatable bonds is 8. The zero-order chi connectivity index (χ0) is 15.8. The summed E-state index contributed by atoms with van der Waals surface area (Å²) in [5.74, 6) is 0. The molecular formula is C18H22N2O2. The highest BCUT2D eigenvalue weighted by Crippen LogP contribution is 2.22. The lowest BCUT2D eigenvalue weighted by Gasteiger charge is -2.24. The molecule has 0 amide bonds. The van der Waals surface area contributed by atoms with Crippen LogP contribution in [0.15, 0.2) is 54.6 Å². The van der Waals surface area contributed by atoms with Crippen LogP contribution >= 0.6 is 0 Å². The lowest BCUT2D eigenvalue weighted by molar-refractivity contribution is -0.384. The van der Waals surface area contributed by atoms with Crippen LogP contribution in [0.4, 0.5) is 11.4 Å². The molecule has 0 aromatic heterocycles. The lowest BCUT2D eigenvalue weighted by Crippen LogP contribution is -2.27. The number of unbranched alkanes of at least 4 members (excludes halogenated alkanes) is 1. The van der Waals surface area contributed by atoms with Gasteiger partial charge in [-0.25, -0.2) is 0 Å². The Labute approximate surface area is 131 Å². The number of nitro groups is 1. The van der Waals surface area contributed by atoms with Gasteiger partial charge in [0.05, 0.1) is 4.92 Å². The van der Waals surface area contributed by atoms with Crippen molar-refractivity contribution >= 4 is 11.4 Å². The average Bonchev–Trinajstić information content (AvgIpc) is 2.56. The first-order valence-corrected chi connectivity index (χ1v) is 7.74. The van der Waals surface area contributed by atoms with Crippen LogP contribution in [-0.4, -0.2) is 18.0 Å². The topological polar surface area (TPSA) is 46.4 Å². The van der Waals surface area contributed by atoms with Crippen LogP contribution in [0.2, 0.25) is 0 Å². The summed E-state index contributed by atoms with van der Waals surface area (Å²) in [5.41, 5.74) is 2.37. The summed E-state index contributed by atoms with van der Waals surface area (Å²) < 4.78 is 0. The molecule has 0 spiro atoms. The van der Waals surface area contributed by atoms with E-state index in [0.717, 1.165) is 38.0 Å². The summed E-state index contributed by atoms with van der Waals surface area (Å²) >= 11 is 0. The molecule has 22 heavy (non-hydrogen) atoms. The lowest BCUT2D eigenvalue weighted by atomic mass is 10.1. The Hall–Kier alpha value is -2.36. The summed E-state index contributed by atoms with van der Waals surface area (Å²) in [6, 6.07) is 17.2. The van der Waals surface area contributed by atoms with E-state index in [1.807, 2.05) is 24.3 Å². The number of nitro benzene ring substituents is 1. The molecule has 116 valence electrons. The molecule has 4 nitrogen and oxygen atoms in total. The maximum Gasteiger partial charge on any atom is 0.271 e. The maximum atomic E-state index is 11.0. The Balaban J connectivity index is 2.11. The number of benzene rings is 2. The van der Waals surface area contributed by atoms with Gasteiger partial charge < -0.3 is 4.90 Å². The Morgan fingerprint density at radius 2 is 1.82 bits per heavy atom. The predicted molar refractivity (Wildman–Crippen MR) is 90.4 cm³/mol. The fourth-order valence-corrected chi connectivity index (χ4v) is 2.43. The van der Waals surface area contributed by atoms with Crippen LogP contribution in [-0.2, 0) is 6.42 Å². The van der Waals surface area contributed by atoms with Crippen molar-refractivity contribution in [3.8, 4) is 0 Å². The highest BCUT2D eigenvalue weighted by molar-refractivity contribution is 5.53. The van der Waals surface area contributed by atoms with Gasteiger partial charge in [0.25, 0.3) is 5.69 Å². The van der Waals surface area contributed by atoms with E-state index in [1.165, 1.54) is 5.56 Å². The first-order chi connectivity index (χ1) is 10.7. The first kappa shape index (κ1) is 16.0. The molecule has 0 unspecified atom stereocenters. The molecule has 0 saturated carbocycles. The van der Waals surface area contributed by atoms with Gasteiger partial charge in [-0.1, -0.05) is 49.7 Å². The smallest absolute Gasteiger partial charge is 0.271 e. The van der Waals surface area contributed by atoms with E-state index in [9.17, 15) is 10.1 Å². The molecule has 0 aliphatic carbocycles. The highest BCUT2D eigenvalue weighted by atomic mass is 16.6. The molecule has 0 radical (unpaired) electrons. The SMILES string of the molecule is CCCCN(CCc1ccccc1)c1cccc([N+](=O)[O-])c1. The van der Waals surface area contributed by atoms with Gasteiger partial charge in [0.15, 0.2) is 0 Å². The van der Waals surface area contributed by atoms with Crippen LogP contribution in [0.5, 0.6) is 0 Å². The van der Waals surface area contributed by atoms with Crippen molar-refractivity contribution in [2.45, 2.75) is 26.2 Å². The van der Waals surface area contributed by atoms with Crippen molar-refractivity contribution in [2.75, 3.05) is 18.0 Å². The second-order valence-corrected chi connectivity index (χ2v) is 5.35. The number of non-ortho nitro benzene ring substituents is 1. The molecule has 0 heterocycles. The summed E-state index contributed by atoms with van der Waals surface area (Å²) in [5, 5.41) is 11.0. The number of hydrogen-bond donors (Lipinski definition) is 0. The molecule has 0 bridgehead atoms. The van der Waals surface area contributed by atoms with Gasteiger partial charge in [0, 0.05) is 30.9 Å². The van der Waals surface area contributed by atoms with Crippen molar-refractivity contribution in [2.24, 2.45) is 0 Å². The predicted octanol–water partition coefficient (Wildman–Crippen LogP) is 4.44. The quantitative estimate of drug-likeness (QED) is 0.534. The third-order valence-corrected chi connectivity index (χ3v) is 3.70. The van der Waals surface area contributed by atoms with Crippen LogP contribution in [0.3, 0.4) is 0 Å². The third-order valence-electron chi connectivity index (χ3n) is 3.70. The third kappa shape index (κ3) is 4.58. The fraction of sp³-hybridized carbons (Fsp3) is 0.333. The minimum absolute atomic E-state index is 0.152. The molecular weight excluding hydrogens is 276 g/mol. The van der Waals surface area contributed by atoms with Gasteiger partial charge in [0.1, 0.15) is 0 Å². The molecule has 0 fully saturated rings. The summed E-state index contributed by atoms with van der Waals surface area (Å²) in [6.45, 7) is 3.94. The van der Waals surface area contributed by atoms with E-state index in [1.54, 1.807) is 18.2 Å². The minimum atomic E-state index is -0.335. The Morgan fingerprint density at radius 1 is 1.05 bits per heavy atom. The second-order valence-electron chi connectivity index (χ2n) is 5.35. The number of anilines is 1. The van der Waals surface area contributed by atoms with Gasteiger partial charge in [-0.3, -0.25) is 10.1 Å². The van der Waals surface area contributed by atoms with Crippen LogP contribution in [0, 0.1) is 10.1 Å². The zero-order valence-corrected chi connectivity index (χ0v) is 12.9. The second kappa shape index (κ2) is 8.17. The van der Waals surface area contributed by atoms with Gasteiger partial charge in [-0.2, -0.15) is 0 Å². The molecule has 0 N–H and O–H groups in total. The standard InChI is InChI=1S/C18H22N2O2/c1-2-3-13-19(14-12-16-8-5-4-6-9-16)17-10-7-11-18(15-17)20(21)22/h4-11,15H,2-3,12-14H2,1H3. The maximum absolute atomic E-state index is 11.0. The van der Waals surface area contributed by atoms with E-state index in [0.29, 0.717) is 0 Å². The summed E-state index contributed by atoms with van der Waals surface area (Å²) in [7, 11) is 0. The van der Waals surface area contributed by atoms with Crippen molar-refractivity contribution in [1.82, 2.24) is 0 Å². The average molecular weight is 298 g/mol. The zero-order valence-electron chi connectivity index (χ0n) is 12.9. The van der Waals surface area contributed by atoms with Gasteiger partial charge in [-0.15, -0.1) is 0 Å². The van der Waals surface area contributed by atoms with Gasteiger partial charge in [0.2, 0.25) is 0 Å². The molecule has 0 saturated heterocycles. The molecule has 0 aliphatic heterocycles. The number of hydrogen-bond acceptors (Lipinski definition) is 3. The highest BCUT2D eigenvalue weighted by Gasteiger charge is 2.11. The summed E-state index contributed by atoms with van der Waals surface area (Å²) in [4.78, 5) is 12.9. The van der Waals surface area contributed by atoms with Crippen LogP contribution in [0.25, 0.3) is 0 Å². The molecule has 0 atom stereocenters. The summed E-state index contributed by atoms with van der Waals surface area (Å²) in [6.07, 6.45) is 3.13. The van der Waals surface area contributed by atoms with Crippen molar-refractivity contribution in [3.05, 3.63) is 70.3 Å².